The number of benzene rings is 1. The Bertz CT molecular complexity index is 1300. The molecular formula is C25H28F2N6O2. The first kappa shape index (κ1) is 22.2. The predicted octanol–water partition coefficient (Wildman–Crippen LogP) is 3.78. The molecule has 0 saturated carbocycles. The van der Waals surface area contributed by atoms with Crippen molar-refractivity contribution in [2.75, 3.05) is 31.2 Å². The van der Waals surface area contributed by atoms with Gasteiger partial charge in [0.05, 0.1) is 25.8 Å². The Morgan fingerprint density at radius 2 is 2.00 bits per heavy atom. The van der Waals surface area contributed by atoms with Crippen LogP contribution in [0, 0.1) is 0 Å². The Balaban J connectivity index is 1.41. The van der Waals surface area contributed by atoms with Crippen molar-refractivity contribution in [3.8, 4) is 11.1 Å². The van der Waals surface area contributed by atoms with E-state index in [1.54, 1.807) is 20.2 Å². The number of alkyl halides is 2. The van der Waals surface area contributed by atoms with E-state index in [-0.39, 0.29) is 17.6 Å². The van der Waals surface area contributed by atoms with Gasteiger partial charge in [0.2, 0.25) is 5.91 Å². The number of carbonyl (C=O) groups is 1. The van der Waals surface area contributed by atoms with Gasteiger partial charge >= 0.3 is 0 Å². The van der Waals surface area contributed by atoms with Gasteiger partial charge in [-0.05, 0) is 36.1 Å². The third-order valence-electron chi connectivity index (χ3n) is 7.31. The molecule has 3 aromatic rings. The van der Waals surface area contributed by atoms with Gasteiger partial charge in [-0.2, -0.15) is 10.2 Å². The summed E-state index contributed by atoms with van der Waals surface area (Å²) in [6.07, 6.45) is 1.58. The molecule has 0 radical (unpaired) electrons. The summed E-state index contributed by atoms with van der Waals surface area (Å²) >= 11 is 0. The zero-order valence-corrected chi connectivity index (χ0v) is 19.9. The number of hydrogen-bond donors (Lipinski definition) is 0. The lowest BCUT2D eigenvalue weighted by Gasteiger charge is -2.33. The maximum Gasteiger partial charge on any atom is 0.282 e. The molecule has 0 spiro atoms. The van der Waals surface area contributed by atoms with Gasteiger partial charge in [0.25, 0.3) is 6.43 Å². The maximum atomic E-state index is 13.6. The number of hydrogen-bond acceptors (Lipinski definition) is 5. The smallest absolute Gasteiger partial charge is 0.282 e. The molecule has 3 aliphatic rings. The SMILES string of the molecule is CC(=O)N1CCc2c(c(N3CCCc4cc(-c5cn(C)nc5C(F)F)ccc43)nn2C2COC2)C1. The number of fused-ring (bicyclic) bond motifs is 2. The van der Waals surface area contributed by atoms with E-state index in [9.17, 15) is 13.6 Å². The van der Waals surface area contributed by atoms with E-state index in [0.717, 1.165) is 54.0 Å². The number of rotatable bonds is 4. The number of aryl methyl sites for hydroxylation is 2. The van der Waals surface area contributed by atoms with Gasteiger partial charge in [0, 0.05) is 62.2 Å². The number of amides is 1. The molecule has 10 heteroatoms. The molecule has 1 amide bonds. The molecule has 1 fully saturated rings. The topological polar surface area (TPSA) is 68.4 Å². The van der Waals surface area contributed by atoms with E-state index < -0.39 is 6.43 Å². The van der Waals surface area contributed by atoms with Crippen molar-refractivity contribution >= 4 is 17.4 Å². The molecule has 8 nitrogen and oxygen atoms in total. The number of halogens is 2. The van der Waals surface area contributed by atoms with Crippen LogP contribution in [0.1, 0.15) is 48.3 Å². The summed E-state index contributed by atoms with van der Waals surface area (Å²) in [5, 5.41) is 9.03. The van der Waals surface area contributed by atoms with Crippen LogP contribution in [-0.2, 0) is 36.0 Å². The van der Waals surface area contributed by atoms with Crippen LogP contribution in [0.15, 0.2) is 24.4 Å². The van der Waals surface area contributed by atoms with Crippen molar-refractivity contribution in [2.24, 2.45) is 7.05 Å². The minimum absolute atomic E-state index is 0.0660. The summed E-state index contributed by atoms with van der Waals surface area (Å²) in [6, 6.07) is 6.14. The van der Waals surface area contributed by atoms with Crippen molar-refractivity contribution in [1.29, 1.82) is 0 Å². The monoisotopic (exact) mass is 482 g/mol. The van der Waals surface area contributed by atoms with Crippen molar-refractivity contribution in [2.45, 2.75) is 45.2 Å². The lowest BCUT2D eigenvalue weighted by atomic mass is 9.95. The molecule has 1 saturated heterocycles. The molecular weight excluding hydrogens is 454 g/mol. The fraction of sp³-hybridized carbons (Fsp3) is 0.480. The van der Waals surface area contributed by atoms with Crippen molar-refractivity contribution in [3.05, 3.63) is 46.9 Å². The minimum Gasteiger partial charge on any atom is -0.377 e. The standard InChI is InChI=1S/C25H28F2N6O2/c1-15(34)31-9-7-22-20(12-31)25(29-33(22)18-13-35-14-18)32-8-3-4-17-10-16(5-6-21(17)32)19-11-30(2)28-23(19)24(26)27/h5-6,10-11,18,24H,3-4,7-9,12-14H2,1-2H3. The van der Waals surface area contributed by atoms with Gasteiger partial charge in [0.15, 0.2) is 5.82 Å². The van der Waals surface area contributed by atoms with E-state index in [1.807, 2.05) is 23.1 Å². The number of anilines is 2. The van der Waals surface area contributed by atoms with Crippen LogP contribution in [-0.4, -0.2) is 56.7 Å². The Morgan fingerprint density at radius 3 is 2.71 bits per heavy atom. The normalized spacial score (nSPS) is 18.0. The van der Waals surface area contributed by atoms with E-state index >= 15 is 0 Å². The fourth-order valence-electron chi connectivity index (χ4n) is 5.45. The first-order valence-electron chi connectivity index (χ1n) is 12.1. The van der Waals surface area contributed by atoms with Crippen molar-refractivity contribution < 1.29 is 18.3 Å². The highest BCUT2D eigenvalue weighted by molar-refractivity contribution is 5.76. The molecule has 0 atom stereocenters. The molecule has 2 aromatic heterocycles. The Hall–Kier alpha value is -3.27. The molecule has 5 heterocycles. The lowest BCUT2D eigenvalue weighted by Crippen LogP contribution is -2.37. The van der Waals surface area contributed by atoms with Crippen LogP contribution in [0.3, 0.4) is 0 Å². The Kier molecular flexibility index (Phi) is 5.36. The molecule has 6 rings (SSSR count). The summed E-state index contributed by atoms with van der Waals surface area (Å²) < 4.78 is 36.1. The highest BCUT2D eigenvalue weighted by Gasteiger charge is 2.34. The Labute approximate surface area is 202 Å². The van der Waals surface area contributed by atoms with Gasteiger partial charge in [-0.25, -0.2) is 8.78 Å². The molecule has 0 bridgehead atoms. The van der Waals surface area contributed by atoms with Crippen LogP contribution in [0.2, 0.25) is 0 Å². The predicted molar refractivity (Wildman–Crippen MR) is 126 cm³/mol. The second kappa shape index (κ2) is 8.44. The third kappa shape index (κ3) is 3.71. The second-order valence-electron chi connectivity index (χ2n) is 9.58. The summed E-state index contributed by atoms with van der Waals surface area (Å²) in [6.45, 7) is 4.97. The highest BCUT2D eigenvalue weighted by Crippen LogP contribution is 2.41. The first-order chi connectivity index (χ1) is 16.9. The van der Waals surface area contributed by atoms with Crippen LogP contribution in [0.25, 0.3) is 11.1 Å². The van der Waals surface area contributed by atoms with Gasteiger partial charge in [-0.3, -0.25) is 14.2 Å². The van der Waals surface area contributed by atoms with Gasteiger partial charge < -0.3 is 14.5 Å². The largest absolute Gasteiger partial charge is 0.377 e. The van der Waals surface area contributed by atoms with Crippen molar-refractivity contribution in [3.63, 3.8) is 0 Å². The highest BCUT2D eigenvalue weighted by atomic mass is 19.3. The zero-order chi connectivity index (χ0) is 24.3. The van der Waals surface area contributed by atoms with E-state index in [4.69, 9.17) is 9.84 Å². The molecule has 184 valence electrons. The van der Waals surface area contributed by atoms with Crippen LogP contribution >= 0.6 is 0 Å². The van der Waals surface area contributed by atoms with E-state index in [2.05, 4.69) is 14.7 Å². The van der Waals surface area contributed by atoms with Crippen molar-refractivity contribution in [1.82, 2.24) is 24.5 Å². The summed E-state index contributed by atoms with van der Waals surface area (Å²) in [5.74, 6) is 0.956. The average Bonchev–Trinajstić information content (AvgIpc) is 3.38. The quantitative estimate of drug-likeness (QED) is 0.566. The van der Waals surface area contributed by atoms with Crippen LogP contribution < -0.4 is 4.90 Å². The summed E-state index contributed by atoms with van der Waals surface area (Å²) in [4.78, 5) is 16.3. The van der Waals surface area contributed by atoms with E-state index in [1.165, 1.54) is 10.4 Å². The van der Waals surface area contributed by atoms with Gasteiger partial charge in [-0.1, -0.05) is 6.07 Å². The lowest BCUT2D eigenvalue weighted by molar-refractivity contribution is -0.129. The number of aromatic nitrogens is 4. The Morgan fingerprint density at radius 1 is 1.17 bits per heavy atom. The maximum absolute atomic E-state index is 13.6. The van der Waals surface area contributed by atoms with Crippen LogP contribution in [0.5, 0.6) is 0 Å². The third-order valence-corrected chi connectivity index (χ3v) is 7.31. The average molecular weight is 483 g/mol. The fourth-order valence-corrected chi connectivity index (χ4v) is 5.45. The molecule has 0 unspecified atom stereocenters. The van der Waals surface area contributed by atoms with Gasteiger partial charge in [0.1, 0.15) is 5.69 Å². The molecule has 0 aliphatic carbocycles. The van der Waals surface area contributed by atoms with E-state index in [0.29, 0.717) is 31.9 Å². The molecule has 3 aliphatic heterocycles. The second-order valence-corrected chi connectivity index (χ2v) is 9.58. The van der Waals surface area contributed by atoms with Crippen LogP contribution in [0.4, 0.5) is 20.3 Å². The van der Waals surface area contributed by atoms with Gasteiger partial charge in [-0.15, -0.1) is 0 Å². The first-order valence-corrected chi connectivity index (χ1v) is 12.1. The summed E-state index contributed by atoms with van der Waals surface area (Å²) in [5.41, 5.74) is 5.45. The number of carbonyl (C=O) groups excluding carboxylic acids is 1. The zero-order valence-electron chi connectivity index (χ0n) is 19.9. The number of ether oxygens (including phenoxy) is 1. The molecule has 35 heavy (non-hydrogen) atoms. The molecule has 0 N–H and O–H groups in total. The summed E-state index contributed by atoms with van der Waals surface area (Å²) in [7, 11) is 1.66. The molecule has 1 aromatic carbocycles. The minimum atomic E-state index is -2.63. The number of nitrogens with zero attached hydrogens (tertiary/aromatic N) is 6.